The van der Waals surface area contributed by atoms with Crippen molar-refractivity contribution in [1.82, 2.24) is 14.9 Å². The molecule has 1 N–H and O–H groups in total. The highest BCUT2D eigenvalue weighted by Crippen LogP contribution is 2.27. The fourth-order valence-electron chi connectivity index (χ4n) is 1.92. The standard InChI is InChI=1S/C11H19N3OS/c1-3-12-9-4-7-15-8-10(9)16-11-13-5-6-14(11)2/h5-6,9-10,12H,3-4,7-8H2,1-2H3. The van der Waals surface area contributed by atoms with Crippen molar-refractivity contribution in [2.75, 3.05) is 19.8 Å². The number of hydrogen-bond acceptors (Lipinski definition) is 4. The predicted molar refractivity (Wildman–Crippen MR) is 65.8 cm³/mol. The van der Waals surface area contributed by atoms with Crippen LogP contribution in [-0.4, -0.2) is 40.6 Å². The fourth-order valence-corrected chi connectivity index (χ4v) is 3.11. The number of hydrogen-bond donors (Lipinski definition) is 1. The summed E-state index contributed by atoms with van der Waals surface area (Å²) in [5, 5.41) is 5.06. The van der Waals surface area contributed by atoms with Crippen molar-refractivity contribution in [3.05, 3.63) is 12.4 Å². The summed E-state index contributed by atoms with van der Waals surface area (Å²) in [6.07, 6.45) is 4.92. The number of aromatic nitrogens is 2. The van der Waals surface area contributed by atoms with Gasteiger partial charge < -0.3 is 14.6 Å². The van der Waals surface area contributed by atoms with Crippen LogP contribution in [0.25, 0.3) is 0 Å². The number of nitrogens with one attached hydrogen (secondary N) is 1. The largest absolute Gasteiger partial charge is 0.380 e. The first-order chi connectivity index (χ1) is 7.81. The molecule has 0 saturated carbocycles. The lowest BCUT2D eigenvalue weighted by atomic mass is 10.1. The van der Waals surface area contributed by atoms with Crippen molar-refractivity contribution in [2.45, 2.75) is 29.8 Å². The van der Waals surface area contributed by atoms with E-state index in [1.165, 1.54) is 0 Å². The van der Waals surface area contributed by atoms with Crippen LogP contribution in [0.3, 0.4) is 0 Å². The minimum absolute atomic E-state index is 0.467. The molecule has 1 fully saturated rings. The van der Waals surface area contributed by atoms with E-state index in [-0.39, 0.29) is 0 Å². The summed E-state index contributed by atoms with van der Waals surface area (Å²) in [6.45, 7) is 4.85. The van der Waals surface area contributed by atoms with Crippen LogP contribution >= 0.6 is 11.8 Å². The first kappa shape index (κ1) is 12.0. The highest BCUT2D eigenvalue weighted by molar-refractivity contribution is 7.99. The lowest BCUT2D eigenvalue weighted by Gasteiger charge is -2.31. The number of nitrogens with zero attached hydrogens (tertiary/aromatic N) is 2. The zero-order valence-corrected chi connectivity index (χ0v) is 10.7. The molecule has 4 nitrogen and oxygen atoms in total. The summed E-state index contributed by atoms with van der Waals surface area (Å²) < 4.78 is 7.61. The lowest BCUT2D eigenvalue weighted by molar-refractivity contribution is 0.0836. The van der Waals surface area contributed by atoms with E-state index >= 15 is 0 Å². The highest BCUT2D eigenvalue weighted by Gasteiger charge is 2.26. The van der Waals surface area contributed by atoms with Gasteiger partial charge in [-0.3, -0.25) is 0 Å². The first-order valence-corrected chi connectivity index (χ1v) is 6.64. The second kappa shape index (κ2) is 5.70. The summed E-state index contributed by atoms with van der Waals surface area (Å²) in [4.78, 5) is 4.35. The Hall–Kier alpha value is -0.520. The summed E-state index contributed by atoms with van der Waals surface area (Å²) in [6, 6.07) is 0.542. The van der Waals surface area contributed by atoms with Gasteiger partial charge in [-0.25, -0.2) is 4.98 Å². The first-order valence-electron chi connectivity index (χ1n) is 5.76. The van der Waals surface area contributed by atoms with Crippen LogP contribution in [0.5, 0.6) is 0 Å². The zero-order chi connectivity index (χ0) is 11.4. The Morgan fingerprint density at radius 3 is 3.25 bits per heavy atom. The number of imidazole rings is 1. The molecule has 0 bridgehead atoms. The Morgan fingerprint density at radius 1 is 1.69 bits per heavy atom. The minimum atomic E-state index is 0.467. The summed E-state index contributed by atoms with van der Waals surface area (Å²) in [5.74, 6) is 0. The molecule has 1 saturated heterocycles. The van der Waals surface area contributed by atoms with Crippen LogP contribution in [0, 0.1) is 0 Å². The van der Waals surface area contributed by atoms with Gasteiger partial charge in [0.05, 0.1) is 11.9 Å². The van der Waals surface area contributed by atoms with Crippen molar-refractivity contribution < 1.29 is 4.74 Å². The van der Waals surface area contributed by atoms with Crippen LogP contribution in [0.15, 0.2) is 17.6 Å². The minimum Gasteiger partial charge on any atom is -0.380 e. The van der Waals surface area contributed by atoms with Gasteiger partial charge in [0.25, 0.3) is 0 Å². The van der Waals surface area contributed by atoms with Crippen molar-refractivity contribution in [2.24, 2.45) is 7.05 Å². The van der Waals surface area contributed by atoms with E-state index in [2.05, 4.69) is 21.8 Å². The number of rotatable bonds is 4. The maximum atomic E-state index is 5.55. The Balaban J connectivity index is 1.98. The monoisotopic (exact) mass is 241 g/mol. The van der Waals surface area contributed by atoms with Gasteiger partial charge >= 0.3 is 0 Å². The van der Waals surface area contributed by atoms with Crippen molar-refractivity contribution in [1.29, 1.82) is 0 Å². The normalized spacial score (nSPS) is 25.9. The Labute approximate surface area is 101 Å². The maximum Gasteiger partial charge on any atom is 0.168 e. The Kier molecular flexibility index (Phi) is 4.26. The molecule has 16 heavy (non-hydrogen) atoms. The third-order valence-corrected chi connectivity index (χ3v) is 4.18. The van der Waals surface area contributed by atoms with Gasteiger partial charge in [-0.15, -0.1) is 0 Å². The molecular weight excluding hydrogens is 222 g/mol. The van der Waals surface area contributed by atoms with Crippen molar-refractivity contribution in [3.8, 4) is 0 Å². The van der Waals surface area contributed by atoms with Crippen molar-refractivity contribution in [3.63, 3.8) is 0 Å². The third-order valence-electron chi connectivity index (χ3n) is 2.80. The van der Waals surface area contributed by atoms with Crippen LogP contribution in [0.1, 0.15) is 13.3 Å². The molecule has 0 amide bonds. The van der Waals surface area contributed by atoms with Crippen LogP contribution in [0.2, 0.25) is 0 Å². The third kappa shape index (κ3) is 2.78. The van der Waals surface area contributed by atoms with Gasteiger partial charge in [0, 0.05) is 32.1 Å². The molecule has 0 spiro atoms. The Bertz CT molecular complexity index is 327. The summed E-state index contributed by atoms with van der Waals surface area (Å²) in [7, 11) is 2.03. The Morgan fingerprint density at radius 2 is 2.56 bits per heavy atom. The van der Waals surface area contributed by atoms with E-state index in [9.17, 15) is 0 Å². The number of aryl methyl sites for hydroxylation is 1. The average Bonchev–Trinajstić information content (AvgIpc) is 2.68. The predicted octanol–water partition coefficient (Wildman–Crippen LogP) is 1.28. The quantitative estimate of drug-likeness (QED) is 0.862. The summed E-state index contributed by atoms with van der Waals surface area (Å²) >= 11 is 1.81. The number of thioether (sulfide) groups is 1. The molecule has 1 aliphatic heterocycles. The number of ether oxygens (including phenoxy) is 1. The molecule has 1 aromatic heterocycles. The fraction of sp³-hybridized carbons (Fsp3) is 0.727. The topological polar surface area (TPSA) is 39.1 Å². The van der Waals surface area contributed by atoms with Gasteiger partial charge in [-0.2, -0.15) is 0 Å². The molecule has 0 aliphatic carbocycles. The van der Waals surface area contributed by atoms with Gasteiger partial charge in [-0.1, -0.05) is 18.7 Å². The molecule has 90 valence electrons. The molecule has 2 rings (SSSR count). The van der Waals surface area contributed by atoms with Crippen LogP contribution < -0.4 is 5.32 Å². The molecule has 1 aliphatic rings. The smallest absolute Gasteiger partial charge is 0.168 e. The second-order valence-corrected chi connectivity index (χ2v) is 5.21. The lowest BCUT2D eigenvalue weighted by Crippen LogP contribution is -2.44. The van der Waals surface area contributed by atoms with E-state index < -0.39 is 0 Å². The second-order valence-electron chi connectivity index (χ2n) is 4.00. The van der Waals surface area contributed by atoms with Gasteiger partial charge in [0.15, 0.2) is 5.16 Å². The van der Waals surface area contributed by atoms with Gasteiger partial charge in [-0.05, 0) is 13.0 Å². The molecule has 2 atom stereocenters. The molecule has 2 unspecified atom stereocenters. The van der Waals surface area contributed by atoms with Crippen LogP contribution in [-0.2, 0) is 11.8 Å². The van der Waals surface area contributed by atoms with Crippen molar-refractivity contribution >= 4 is 11.8 Å². The SMILES string of the molecule is CCNC1CCOCC1Sc1nccn1C. The maximum absolute atomic E-state index is 5.55. The molecule has 2 heterocycles. The van der Waals surface area contributed by atoms with E-state index in [4.69, 9.17) is 4.74 Å². The van der Waals surface area contributed by atoms with E-state index in [1.807, 2.05) is 31.2 Å². The molecule has 0 radical (unpaired) electrons. The molecular formula is C11H19N3OS. The van der Waals surface area contributed by atoms with E-state index in [0.29, 0.717) is 11.3 Å². The van der Waals surface area contributed by atoms with Gasteiger partial charge in [0.2, 0.25) is 0 Å². The molecule has 1 aromatic rings. The molecule has 0 aromatic carbocycles. The van der Waals surface area contributed by atoms with E-state index in [0.717, 1.165) is 31.3 Å². The zero-order valence-electron chi connectivity index (χ0n) is 9.85. The highest BCUT2D eigenvalue weighted by atomic mass is 32.2. The summed E-state index contributed by atoms with van der Waals surface area (Å²) in [5.41, 5.74) is 0. The molecule has 5 heteroatoms. The van der Waals surface area contributed by atoms with E-state index in [1.54, 1.807) is 0 Å². The van der Waals surface area contributed by atoms with Crippen LogP contribution in [0.4, 0.5) is 0 Å². The van der Waals surface area contributed by atoms with Gasteiger partial charge in [0.1, 0.15) is 0 Å². The average molecular weight is 241 g/mol.